The molecular weight excluding hydrogens is 464 g/mol. The van der Waals surface area contributed by atoms with Gasteiger partial charge in [-0.3, -0.25) is 4.79 Å². The zero-order chi connectivity index (χ0) is 19.1. The van der Waals surface area contributed by atoms with Crippen molar-refractivity contribution in [3.63, 3.8) is 0 Å². The topological polar surface area (TPSA) is 88.7 Å². The molecule has 10 heteroatoms. The van der Waals surface area contributed by atoms with Crippen LogP contribution in [0.5, 0.6) is 5.75 Å². The molecule has 1 aromatic rings. The lowest BCUT2D eigenvalue weighted by molar-refractivity contribution is -0.274. The van der Waals surface area contributed by atoms with Gasteiger partial charge in [0.2, 0.25) is 5.91 Å². The number of amides is 1. The van der Waals surface area contributed by atoms with E-state index in [1.165, 1.54) is 24.3 Å². The molecule has 1 amide bonds. The summed E-state index contributed by atoms with van der Waals surface area (Å²) in [6.45, 7) is 6.47. The van der Waals surface area contributed by atoms with Gasteiger partial charge in [-0.15, -0.1) is 37.1 Å². The van der Waals surface area contributed by atoms with Crippen LogP contribution in [0.3, 0.4) is 0 Å². The molecule has 1 rings (SSSR count). The molecule has 0 fully saturated rings. The molecule has 0 aliphatic carbocycles. The molecule has 148 valence electrons. The fourth-order valence-electron chi connectivity index (χ4n) is 1.66. The van der Waals surface area contributed by atoms with Gasteiger partial charge < -0.3 is 21.1 Å². The third-order valence-corrected chi connectivity index (χ3v) is 2.99. The van der Waals surface area contributed by atoms with Gasteiger partial charge in [0.15, 0.2) is 5.96 Å². The number of guanidine groups is 1. The molecular formula is C16H24F3IN4O2. The molecule has 0 saturated carbocycles. The molecule has 0 spiro atoms. The predicted molar refractivity (Wildman–Crippen MR) is 104 cm³/mol. The molecule has 0 aromatic heterocycles. The van der Waals surface area contributed by atoms with Crippen LogP contribution in [0.4, 0.5) is 13.2 Å². The van der Waals surface area contributed by atoms with Crippen LogP contribution >= 0.6 is 24.0 Å². The summed E-state index contributed by atoms with van der Waals surface area (Å²) in [6.07, 6.45) is -4.71. The number of hydrogen-bond acceptors (Lipinski definition) is 3. The summed E-state index contributed by atoms with van der Waals surface area (Å²) in [6, 6.07) is 5.37. The van der Waals surface area contributed by atoms with E-state index in [1.807, 2.05) is 20.8 Å². The number of nitrogens with one attached hydrogen (secondary N) is 2. The van der Waals surface area contributed by atoms with Crippen LogP contribution in [0, 0.1) is 5.41 Å². The van der Waals surface area contributed by atoms with E-state index in [-0.39, 0.29) is 48.1 Å². The number of nitrogens with zero attached hydrogens (tertiary/aromatic N) is 1. The molecule has 4 N–H and O–H groups in total. The van der Waals surface area contributed by atoms with E-state index in [2.05, 4.69) is 20.4 Å². The first-order valence-corrected chi connectivity index (χ1v) is 7.64. The molecule has 0 aliphatic rings. The van der Waals surface area contributed by atoms with Crippen molar-refractivity contribution in [1.29, 1.82) is 0 Å². The minimum Gasteiger partial charge on any atom is -0.406 e. The third-order valence-electron chi connectivity index (χ3n) is 2.99. The van der Waals surface area contributed by atoms with Gasteiger partial charge in [-0.05, 0) is 17.7 Å². The molecule has 6 nitrogen and oxygen atoms in total. The van der Waals surface area contributed by atoms with Gasteiger partial charge in [-0.25, -0.2) is 4.99 Å². The Morgan fingerprint density at radius 2 is 1.65 bits per heavy atom. The minimum atomic E-state index is -4.71. The number of ether oxygens (including phenoxy) is 1. The Balaban J connectivity index is 0.00000625. The SMILES string of the molecule is CC(C)(C)C(=O)NCCNC(N)=NCc1ccc(OC(F)(F)F)cc1.I. The molecule has 0 bridgehead atoms. The van der Waals surface area contributed by atoms with Gasteiger partial charge in [0.05, 0.1) is 6.54 Å². The van der Waals surface area contributed by atoms with Crippen molar-refractivity contribution in [3.05, 3.63) is 29.8 Å². The predicted octanol–water partition coefficient (Wildman–Crippen LogP) is 2.77. The van der Waals surface area contributed by atoms with E-state index >= 15 is 0 Å². The van der Waals surface area contributed by atoms with E-state index < -0.39 is 11.8 Å². The van der Waals surface area contributed by atoms with Crippen molar-refractivity contribution >= 4 is 35.8 Å². The highest BCUT2D eigenvalue weighted by atomic mass is 127. The molecule has 0 radical (unpaired) electrons. The quantitative estimate of drug-likeness (QED) is 0.249. The fraction of sp³-hybridized carbons (Fsp3) is 0.500. The highest BCUT2D eigenvalue weighted by molar-refractivity contribution is 14.0. The van der Waals surface area contributed by atoms with E-state index in [1.54, 1.807) is 0 Å². The summed E-state index contributed by atoms with van der Waals surface area (Å²) in [5.41, 5.74) is 5.91. The van der Waals surface area contributed by atoms with Crippen molar-refractivity contribution in [2.75, 3.05) is 13.1 Å². The minimum absolute atomic E-state index is 0. The zero-order valence-electron chi connectivity index (χ0n) is 14.8. The summed E-state index contributed by atoms with van der Waals surface area (Å²) in [7, 11) is 0. The Bertz CT molecular complexity index is 599. The average Bonchev–Trinajstić information content (AvgIpc) is 2.48. The van der Waals surface area contributed by atoms with Crippen LogP contribution in [-0.2, 0) is 11.3 Å². The van der Waals surface area contributed by atoms with E-state index in [9.17, 15) is 18.0 Å². The summed E-state index contributed by atoms with van der Waals surface area (Å²) >= 11 is 0. The Hall–Kier alpha value is -1.72. The second-order valence-electron chi connectivity index (χ2n) is 6.33. The van der Waals surface area contributed by atoms with E-state index in [4.69, 9.17) is 5.73 Å². The van der Waals surface area contributed by atoms with Crippen molar-refractivity contribution in [3.8, 4) is 5.75 Å². The normalized spacial score (nSPS) is 12.2. The summed E-state index contributed by atoms with van der Waals surface area (Å²) < 4.78 is 40.0. The Morgan fingerprint density at radius 3 is 2.15 bits per heavy atom. The second-order valence-corrected chi connectivity index (χ2v) is 6.33. The summed E-state index contributed by atoms with van der Waals surface area (Å²) in [4.78, 5) is 15.7. The maximum absolute atomic E-state index is 12.1. The first kappa shape index (κ1) is 24.3. The lowest BCUT2D eigenvalue weighted by Crippen LogP contribution is -2.41. The molecule has 26 heavy (non-hydrogen) atoms. The Morgan fingerprint density at radius 1 is 1.12 bits per heavy atom. The van der Waals surface area contributed by atoms with Crippen molar-refractivity contribution in [1.82, 2.24) is 10.6 Å². The van der Waals surface area contributed by atoms with Gasteiger partial charge in [-0.1, -0.05) is 32.9 Å². The highest BCUT2D eigenvalue weighted by Gasteiger charge is 2.30. The van der Waals surface area contributed by atoms with Crippen LogP contribution in [0.2, 0.25) is 0 Å². The number of nitrogens with two attached hydrogens (primary N) is 1. The van der Waals surface area contributed by atoms with Crippen molar-refractivity contribution < 1.29 is 22.7 Å². The number of benzene rings is 1. The van der Waals surface area contributed by atoms with Gasteiger partial charge >= 0.3 is 6.36 Å². The first-order chi connectivity index (χ1) is 11.5. The van der Waals surface area contributed by atoms with Crippen LogP contribution in [0.25, 0.3) is 0 Å². The molecule has 1 aromatic carbocycles. The van der Waals surface area contributed by atoms with E-state index in [0.717, 1.165) is 0 Å². The highest BCUT2D eigenvalue weighted by Crippen LogP contribution is 2.22. The number of halogens is 4. The number of rotatable bonds is 6. The number of aliphatic imine (C=N–C) groups is 1. The first-order valence-electron chi connectivity index (χ1n) is 7.64. The smallest absolute Gasteiger partial charge is 0.406 e. The van der Waals surface area contributed by atoms with Crippen LogP contribution in [-0.4, -0.2) is 31.3 Å². The molecule has 0 heterocycles. The monoisotopic (exact) mass is 488 g/mol. The van der Waals surface area contributed by atoms with Gasteiger partial charge in [0.1, 0.15) is 5.75 Å². The van der Waals surface area contributed by atoms with Crippen LogP contribution < -0.4 is 21.1 Å². The van der Waals surface area contributed by atoms with Crippen LogP contribution in [0.1, 0.15) is 26.3 Å². The average molecular weight is 488 g/mol. The number of carbonyl (C=O) groups is 1. The van der Waals surface area contributed by atoms with E-state index in [0.29, 0.717) is 18.7 Å². The fourth-order valence-corrected chi connectivity index (χ4v) is 1.66. The number of carbonyl (C=O) groups excluding carboxylic acids is 1. The van der Waals surface area contributed by atoms with Gasteiger partial charge in [0.25, 0.3) is 0 Å². The Labute approximate surface area is 167 Å². The van der Waals surface area contributed by atoms with Gasteiger partial charge in [0, 0.05) is 18.5 Å². The summed E-state index contributed by atoms with van der Waals surface area (Å²) in [5.74, 6) is -0.174. The summed E-state index contributed by atoms with van der Waals surface area (Å²) in [5, 5.41) is 5.60. The van der Waals surface area contributed by atoms with Crippen molar-refractivity contribution in [2.45, 2.75) is 33.7 Å². The van der Waals surface area contributed by atoms with Gasteiger partial charge in [-0.2, -0.15) is 0 Å². The second kappa shape index (κ2) is 10.4. The number of hydrogen-bond donors (Lipinski definition) is 3. The standard InChI is InChI=1S/C16H23F3N4O2.HI/c1-15(2,3)13(24)21-8-9-22-14(20)23-10-11-4-6-12(7-5-11)25-16(17,18)19;/h4-7H,8-10H2,1-3H3,(H,21,24)(H3,20,22,23);1H. The van der Waals surface area contributed by atoms with Crippen LogP contribution in [0.15, 0.2) is 29.3 Å². The largest absolute Gasteiger partial charge is 0.573 e. The third kappa shape index (κ3) is 10.3. The Kier molecular flexibility index (Phi) is 9.74. The lowest BCUT2D eigenvalue weighted by Gasteiger charge is -2.17. The maximum Gasteiger partial charge on any atom is 0.573 e. The number of alkyl halides is 3. The molecule has 0 aliphatic heterocycles. The lowest BCUT2D eigenvalue weighted by atomic mass is 9.96. The molecule has 0 unspecified atom stereocenters. The maximum atomic E-state index is 12.1. The molecule has 0 saturated heterocycles. The van der Waals surface area contributed by atoms with Crippen molar-refractivity contribution in [2.24, 2.45) is 16.1 Å². The zero-order valence-corrected chi connectivity index (χ0v) is 17.1. The molecule has 0 atom stereocenters.